The Morgan fingerprint density at radius 1 is 1.38 bits per heavy atom. The van der Waals surface area contributed by atoms with Gasteiger partial charge in [0.25, 0.3) is 5.91 Å². The molecule has 1 aliphatic carbocycles. The molecule has 1 heterocycles. The zero-order valence-electron chi connectivity index (χ0n) is 12.4. The summed E-state index contributed by atoms with van der Waals surface area (Å²) in [6, 6.07) is 0. The number of rotatable bonds is 4. The number of nitrogens with two attached hydrogens (primary N) is 1. The molecule has 0 radical (unpaired) electrons. The second kappa shape index (κ2) is 6.01. The van der Waals surface area contributed by atoms with Gasteiger partial charge in [-0.05, 0) is 19.8 Å². The molecule has 0 aliphatic heterocycles. The number of aromatic nitrogens is 1. The molecule has 7 heteroatoms. The van der Waals surface area contributed by atoms with E-state index >= 15 is 0 Å². The Balaban J connectivity index is 2.29. The van der Waals surface area contributed by atoms with Crippen LogP contribution in [0.5, 0.6) is 0 Å². The number of nitrogen functional groups attached to an aromatic ring is 1. The van der Waals surface area contributed by atoms with Crippen molar-refractivity contribution < 1.29 is 14.7 Å². The zero-order chi connectivity index (χ0) is 15.6. The maximum Gasteiger partial charge on any atom is 0.305 e. The van der Waals surface area contributed by atoms with Crippen LogP contribution in [-0.4, -0.2) is 39.5 Å². The normalized spacial score (nSPS) is 17.4. The predicted octanol–water partition coefficient (Wildman–Crippen LogP) is 2.28. The Hall–Kier alpha value is -1.63. The van der Waals surface area contributed by atoms with Crippen LogP contribution in [0.2, 0.25) is 0 Å². The molecule has 0 unspecified atom stereocenters. The highest BCUT2D eigenvalue weighted by molar-refractivity contribution is 7.17. The van der Waals surface area contributed by atoms with Crippen molar-refractivity contribution in [2.24, 2.45) is 0 Å². The number of carbonyl (C=O) groups excluding carboxylic acids is 1. The minimum Gasteiger partial charge on any atom is -0.481 e. The standard InChI is InChI=1S/C14H21N3O3S/c1-9-11(21-13(15)16-9)12(20)17(2)14(8-10(18)19)6-4-3-5-7-14/h3-8H2,1-2H3,(H2,15,16)(H,18,19). The summed E-state index contributed by atoms with van der Waals surface area (Å²) in [6.45, 7) is 1.75. The van der Waals surface area contributed by atoms with Gasteiger partial charge in [-0.2, -0.15) is 0 Å². The maximum absolute atomic E-state index is 12.7. The number of hydrogen-bond donors (Lipinski definition) is 2. The molecule has 1 aromatic rings. The van der Waals surface area contributed by atoms with Gasteiger partial charge in [0.15, 0.2) is 5.13 Å². The maximum atomic E-state index is 12.7. The Labute approximate surface area is 128 Å². The van der Waals surface area contributed by atoms with Crippen LogP contribution in [0.25, 0.3) is 0 Å². The van der Waals surface area contributed by atoms with Gasteiger partial charge in [0, 0.05) is 7.05 Å². The first kappa shape index (κ1) is 15.8. The highest BCUT2D eigenvalue weighted by Crippen LogP contribution is 2.37. The van der Waals surface area contributed by atoms with Crippen LogP contribution in [0, 0.1) is 6.92 Å². The van der Waals surface area contributed by atoms with Crippen molar-refractivity contribution >= 4 is 28.3 Å². The van der Waals surface area contributed by atoms with E-state index < -0.39 is 11.5 Å². The van der Waals surface area contributed by atoms with Gasteiger partial charge in [0.2, 0.25) is 0 Å². The van der Waals surface area contributed by atoms with Crippen molar-refractivity contribution in [3.8, 4) is 0 Å². The van der Waals surface area contributed by atoms with Crippen LogP contribution < -0.4 is 5.73 Å². The lowest BCUT2D eigenvalue weighted by molar-refractivity contribution is -0.140. The second-order valence-electron chi connectivity index (χ2n) is 5.69. The summed E-state index contributed by atoms with van der Waals surface area (Å²) >= 11 is 1.16. The molecule has 0 atom stereocenters. The van der Waals surface area contributed by atoms with Crippen LogP contribution >= 0.6 is 11.3 Å². The lowest BCUT2D eigenvalue weighted by Gasteiger charge is -2.43. The number of anilines is 1. The molecule has 1 fully saturated rings. The molecular weight excluding hydrogens is 290 g/mol. The SMILES string of the molecule is Cc1nc(N)sc1C(=O)N(C)C1(CC(=O)O)CCCCC1. The largest absolute Gasteiger partial charge is 0.481 e. The molecule has 3 N–H and O–H groups in total. The highest BCUT2D eigenvalue weighted by atomic mass is 32.1. The van der Waals surface area contributed by atoms with Crippen molar-refractivity contribution in [2.45, 2.75) is 51.0 Å². The average Bonchev–Trinajstić information content (AvgIpc) is 2.76. The first-order valence-electron chi connectivity index (χ1n) is 7.08. The number of aliphatic carboxylic acids is 1. The molecule has 1 amide bonds. The summed E-state index contributed by atoms with van der Waals surface area (Å²) in [5.41, 5.74) is 5.67. The minimum atomic E-state index is -0.864. The molecule has 0 bridgehead atoms. The molecule has 1 aromatic heterocycles. The number of amides is 1. The van der Waals surface area contributed by atoms with Gasteiger partial charge in [-0.25, -0.2) is 4.98 Å². The third-order valence-electron chi connectivity index (χ3n) is 4.29. The smallest absolute Gasteiger partial charge is 0.305 e. The molecule has 116 valence electrons. The number of thiazole rings is 1. The van der Waals surface area contributed by atoms with E-state index in [1.54, 1.807) is 18.9 Å². The predicted molar refractivity (Wildman–Crippen MR) is 81.4 cm³/mol. The Bertz CT molecular complexity index is 550. The molecule has 21 heavy (non-hydrogen) atoms. The third kappa shape index (κ3) is 3.18. The summed E-state index contributed by atoms with van der Waals surface area (Å²) in [7, 11) is 1.70. The average molecular weight is 311 g/mol. The van der Waals surface area contributed by atoms with Gasteiger partial charge in [-0.1, -0.05) is 30.6 Å². The van der Waals surface area contributed by atoms with E-state index in [1.807, 2.05) is 0 Å². The van der Waals surface area contributed by atoms with E-state index in [0.29, 0.717) is 15.7 Å². The van der Waals surface area contributed by atoms with Gasteiger partial charge >= 0.3 is 5.97 Å². The summed E-state index contributed by atoms with van der Waals surface area (Å²) in [5.74, 6) is -1.04. The number of carbonyl (C=O) groups is 2. The lowest BCUT2D eigenvalue weighted by Crippen LogP contribution is -2.52. The van der Waals surface area contributed by atoms with Gasteiger partial charge in [0.05, 0.1) is 17.7 Å². The first-order valence-corrected chi connectivity index (χ1v) is 7.90. The zero-order valence-corrected chi connectivity index (χ0v) is 13.2. The van der Waals surface area contributed by atoms with Gasteiger partial charge in [-0.3, -0.25) is 9.59 Å². The molecular formula is C14H21N3O3S. The fourth-order valence-corrected chi connectivity index (χ4v) is 3.91. The van der Waals surface area contributed by atoms with Crippen molar-refractivity contribution in [3.63, 3.8) is 0 Å². The second-order valence-corrected chi connectivity index (χ2v) is 6.72. The molecule has 2 rings (SSSR count). The molecule has 1 aliphatic rings. The van der Waals surface area contributed by atoms with Crippen LogP contribution in [0.4, 0.5) is 5.13 Å². The molecule has 1 saturated carbocycles. The number of carboxylic acids is 1. The summed E-state index contributed by atoms with van der Waals surface area (Å²) in [6.07, 6.45) is 4.45. The van der Waals surface area contributed by atoms with E-state index in [0.717, 1.165) is 43.4 Å². The quantitative estimate of drug-likeness (QED) is 0.889. The fraction of sp³-hybridized carbons (Fsp3) is 0.643. The molecule has 0 aromatic carbocycles. The van der Waals surface area contributed by atoms with E-state index in [9.17, 15) is 14.7 Å². The van der Waals surface area contributed by atoms with E-state index in [2.05, 4.69) is 4.98 Å². The van der Waals surface area contributed by atoms with Gasteiger partial charge in [-0.15, -0.1) is 0 Å². The summed E-state index contributed by atoms with van der Waals surface area (Å²) in [5, 5.41) is 9.58. The number of hydrogen-bond acceptors (Lipinski definition) is 5. The fourth-order valence-electron chi connectivity index (χ4n) is 3.11. The van der Waals surface area contributed by atoms with Crippen molar-refractivity contribution in [1.29, 1.82) is 0 Å². The molecule has 6 nitrogen and oxygen atoms in total. The van der Waals surface area contributed by atoms with Crippen molar-refractivity contribution in [1.82, 2.24) is 9.88 Å². The summed E-state index contributed by atoms with van der Waals surface area (Å²) < 4.78 is 0. The monoisotopic (exact) mass is 311 g/mol. The van der Waals surface area contributed by atoms with Gasteiger partial charge < -0.3 is 15.7 Å². The number of carboxylic acid groups (broad SMARTS) is 1. The Morgan fingerprint density at radius 3 is 2.48 bits per heavy atom. The summed E-state index contributed by atoms with van der Waals surface area (Å²) in [4.78, 5) is 30.1. The van der Waals surface area contributed by atoms with Crippen LogP contribution in [0.15, 0.2) is 0 Å². The lowest BCUT2D eigenvalue weighted by atomic mass is 9.78. The van der Waals surface area contributed by atoms with Gasteiger partial charge in [0.1, 0.15) is 4.88 Å². The number of aryl methyl sites for hydroxylation is 1. The Kier molecular flexibility index (Phi) is 4.51. The third-order valence-corrected chi connectivity index (χ3v) is 5.26. The van der Waals surface area contributed by atoms with Crippen LogP contribution in [0.3, 0.4) is 0 Å². The number of nitrogens with zero attached hydrogens (tertiary/aromatic N) is 2. The van der Waals surface area contributed by atoms with E-state index in [4.69, 9.17) is 5.73 Å². The van der Waals surface area contributed by atoms with Crippen molar-refractivity contribution in [3.05, 3.63) is 10.6 Å². The minimum absolute atomic E-state index is 0.0113. The molecule has 0 spiro atoms. The highest BCUT2D eigenvalue weighted by Gasteiger charge is 2.41. The van der Waals surface area contributed by atoms with Crippen LogP contribution in [-0.2, 0) is 4.79 Å². The van der Waals surface area contributed by atoms with E-state index in [-0.39, 0.29) is 12.3 Å². The van der Waals surface area contributed by atoms with Crippen molar-refractivity contribution in [2.75, 3.05) is 12.8 Å². The van der Waals surface area contributed by atoms with Crippen LogP contribution in [0.1, 0.15) is 53.9 Å². The molecule has 0 saturated heterocycles. The first-order chi connectivity index (χ1) is 9.85. The topological polar surface area (TPSA) is 96.5 Å². The van der Waals surface area contributed by atoms with E-state index in [1.165, 1.54) is 0 Å². The Morgan fingerprint density at radius 2 is 2.00 bits per heavy atom.